The third-order valence-corrected chi connectivity index (χ3v) is 10.0. The molecule has 4 rings (SSSR count). The number of para-hydroxylation sites is 1. The van der Waals surface area contributed by atoms with Gasteiger partial charge in [0.1, 0.15) is 10.0 Å². The van der Waals surface area contributed by atoms with Gasteiger partial charge in [-0.2, -0.15) is 9.40 Å². The normalized spacial score (nSPS) is 15.2. The molecule has 1 amide bonds. The van der Waals surface area contributed by atoms with Gasteiger partial charge in [-0.1, -0.05) is 94.3 Å². The first kappa shape index (κ1) is 29.2. The lowest BCUT2D eigenvalue weighted by atomic mass is 10.1. The van der Waals surface area contributed by atoms with Gasteiger partial charge in [-0.25, -0.2) is 13.1 Å². The Morgan fingerprint density at radius 2 is 1.74 bits per heavy atom. The second kappa shape index (κ2) is 13.0. The average molecular weight is 583 g/mol. The first-order chi connectivity index (χ1) is 18.8. The average Bonchev–Trinajstić information content (AvgIpc) is 3.48. The van der Waals surface area contributed by atoms with E-state index < -0.39 is 10.0 Å². The number of rotatable bonds is 12. The predicted molar refractivity (Wildman–Crippen MR) is 163 cm³/mol. The number of hydrogen-bond donors (Lipinski definition) is 0. The Bertz CT molecular complexity index is 1460. The fourth-order valence-corrected chi connectivity index (χ4v) is 7.28. The van der Waals surface area contributed by atoms with E-state index in [-0.39, 0.29) is 10.8 Å². The number of sulfonamides is 1. The lowest BCUT2D eigenvalue weighted by Gasteiger charge is -2.18. The van der Waals surface area contributed by atoms with Crippen LogP contribution in [0.3, 0.4) is 0 Å². The molecule has 0 N–H and O–H groups in total. The molecule has 10 heteroatoms. The minimum atomic E-state index is -3.65. The van der Waals surface area contributed by atoms with Crippen LogP contribution in [0.25, 0.3) is 23.0 Å². The minimum absolute atomic E-state index is 0.0993. The van der Waals surface area contributed by atoms with Gasteiger partial charge in [0.05, 0.1) is 15.5 Å². The summed E-state index contributed by atoms with van der Waals surface area (Å²) >= 11 is 6.83. The molecule has 39 heavy (non-hydrogen) atoms. The first-order valence-electron chi connectivity index (χ1n) is 13.3. The van der Waals surface area contributed by atoms with E-state index in [0.29, 0.717) is 45.7 Å². The van der Waals surface area contributed by atoms with Gasteiger partial charge in [-0.3, -0.25) is 9.69 Å². The number of thiocarbonyl (C=S) groups is 1. The van der Waals surface area contributed by atoms with Crippen molar-refractivity contribution < 1.29 is 13.2 Å². The third kappa shape index (κ3) is 6.51. The van der Waals surface area contributed by atoms with E-state index in [2.05, 4.69) is 6.92 Å². The topological polar surface area (TPSA) is 75.5 Å². The van der Waals surface area contributed by atoms with Gasteiger partial charge in [0.25, 0.3) is 5.91 Å². The molecule has 2 heterocycles. The largest absolute Gasteiger partial charge is 0.293 e. The summed E-state index contributed by atoms with van der Waals surface area (Å²) < 4.78 is 30.2. The molecule has 0 radical (unpaired) electrons. The van der Waals surface area contributed by atoms with Crippen LogP contribution in [0.1, 0.15) is 52.0 Å². The maximum Gasteiger partial charge on any atom is 0.266 e. The zero-order valence-electron chi connectivity index (χ0n) is 22.5. The van der Waals surface area contributed by atoms with Gasteiger partial charge >= 0.3 is 0 Å². The number of hydrogen-bond acceptors (Lipinski definition) is 6. The Hall–Kier alpha value is -2.79. The Labute approximate surface area is 240 Å². The zero-order chi connectivity index (χ0) is 28.0. The van der Waals surface area contributed by atoms with Crippen molar-refractivity contribution in [2.75, 3.05) is 19.6 Å². The highest BCUT2D eigenvalue weighted by atomic mass is 32.2. The molecular weight excluding hydrogens is 549 g/mol. The summed E-state index contributed by atoms with van der Waals surface area (Å²) in [6, 6.07) is 16.5. The molecular formula is C29H34N4O3S3. The molecule has 206 valence electrons. The molecule has 1 saturated heterocycles. The SMILES string of the molecule is CCCCCCN1C(=O)/C(=C/c2cn(-c3ccccc3)nc2-c2cccc(S(=O)(=O)N(CC)CC)c2)SC1=S. The van der Waals surface area contributed by atoms with E-state index in [0.717, 1.165) is 31.4 Å². The van der Waals surface area contributed by atoms with Gasteiger partial charge in [0.2, 0.25) is 10.0 Å². The van der Waals surface area contributed by atoms with Crippen molar-refractivity contribution in [1.29, 1.82) is 0 Å². The summed E-state index contributed by atoms with van der Waals surface area (Å²) in [6.07, 6.45) is 7.92. The molecule has 1 aromatic heterocycles. The maximum atomic E-state index is 13.3. The van der Waals surface area contributed by atoms with E-state index in [1.165, 1.54) is 16.1 Å². The van der Waals surface area contributed by atoms with Crippen LogP contribution in [0, 0.1) is 0 Å². The van der Waals surface area contributed by atoms with Gasteiger partial charge in [-0.15, -0.1) is 0 Å². The Balaban J connectivity index is 1.75. The van der Waals surface area contributed by atoms with E-state index >= 15 is 0 Å². The highest BCUT2D eigenvalue weighted by molar-refractivity contribution is 8.26. The number of unbranched alkanes of at least 4 members (excludes halogenated alkanes) is 3. The van der Waals surface area contributed by atoms with E-state index in [1.807, 2.05) is 62.5 Å². The van der Waals surface area contributed by atoms with Crippen LogP contribution >= 0.6 is 24.0 Å². The minimum Gasteiger partial charge on any atom is -0.293 e. The van der Waals surface area contributed by atoms with Gasteiger partial charge in [0, 0.05) is 37.0 Å². The van der Waals surface area contributed by atoms with Gasteiger partial charge < -0.3 is 0 Å². The summed E-state index contributed by atoms with van der Waals surface area (Å²) in [4.78, 5) is 15.7. The number of benzene rings is 2. The third-order valence-electron chi connectivity index (χ3n) is 6.61. The van der Waals surface area contributed by atoms with Crippen molar-refractivity contribution in [3.05, 3.63) is 71.3 Å². The summed E-state index contributed by atoms with van der Waals surface area (Å²) in [5.74, 6) is -0.0993. The molecule has 1 aliphatic heterocycles. The second-order valence-electron chi connectivity index (χ2n) is 9.22. The van der Waals surface area contributed by atoms with Crippen molar-refractivity contribution in [1.82, 2.24) is 19.0 Å². The summed E-state index contributed by atoms with van der Waals surface area (Å²) in [5, 5.41) is 4.83. The van der Waals surface area contributed by atoms with Crippen LogP contribution in [-0.2, 0) is 14.8 Å². The molecule has 3 aromatic rings. The molecule has 0 atom stereocenters. The summed E-state index contributed by atoms with van der Waals surface area (Å²) in [5.41, 5.74) is 2.80. The fraction of sp³-hybridized carbons (Fsp3) is 0.345. The first-order valence-corrected chi connectivity index (χ1v) is 16.0. The second-order valence-corrected chi connectivity index (χ2v) is 12.8. The molecule has 0 spiro atoms. The van der Waals surface area contributed by atoms with Crippen molar-refractivity contribution in [3.8, 4) is 16.9 Å². The number of aromatic nitrogens is 2. The van der Waals surface area contributed by atoms with Crippen LogP contribution < -0.4 is 0 Å². The highest BCUT2D eigenvalue weighted by Gasteiger charge is 2.32. The fourth-order valence-electron chi connectivity index (χ4n) is 4.48. The lowest BCUT2D eigenvalue weighted by Crippen LogP contribution is -2.30. The predicted octanol–water partition coefficient (Wildman–Crippen LogP) is 6.35. The smallest absolute Gasteiger partial charge is 0.266 e. The molecule has 1 fully saturated rings. The molecule has 1 aliphatic rings. The van der Waals surface area contributed by atoms with Gasteiger partial charge in [0.15, 0.2) is 0 Å². The molecule has 0 aliphatic carbocycles. The van der Waals surface area contributed by atoms with E-state index in [4.69, 9.17) is 17.3 Å². The zero-order valence-corrected chi connectivity index (χ0v) is 25.0. The molecule has 7 nitrogen and oxygen atoms in total. The number of thioether (sulfide) groups is 1. The van der Waals surface area contributed by atoms with Crippen molar-refractivity contribution >= 4 is 50.3 Å². The number of nitrogens with zero attached hydrogens (tertiary/aromatic N) is 4. The molecule has 0 bridgehead atoms. The number of carbonyl (C=O) groups is 1. The molecule has 0 unspecified atom stereocenters. The quantitative estimate of drug-likeness (QED) is 0.141. The number of amides is 1. The van der Waals surface area contributed by atoms with Crippen LogP contribution in [0.5, 0.6) is 0 Å². The van der Waals surface area contributed by atoms with Crippen LogP contribution in [-0.4, -0.2) is 57.3 Å². The maximum absolute atomic E-state index is 13.3. The van der Waals surface area contributed by atoms with Crippen molar-refractivity contribution in [2.24, 2.45) is 0 Å². The summed E-state index contributed by atoms with van der Waals surface area (Å²) in [7, 11) is -3.65. The van der Waals surface area contributed by atoms with Crippen LogP contribution in [0.4, 0.5) is 0 Å². The Kier molecular flexibility index (Phi) is 9.76. The molecule has 2 aromatic carbocycles. The standard InChI is InChI=1S/C29H34N4O3S3/c1-4-7-8-12-18-32-28(34)26(38-29(32)37)20-23-21-33(24-15-10-9-11-16-24)30-27(23)22-14-13-17-25(19-22)39(35,36)31(5-2)6-3/h9-11,13-17,19-21H,4-8,12,18H2,1-3H3/b26-20-. The Morgan fingerprint density at radius 1 is 1.00 bits per heavy atom. The van der Waals surface area contributed by atoms with Crippen LogP contribution in [0.2, 0.25) is 0 Å². The Morgan fingerprint density at radius 3 is 2.44 bits per heavy atom. The van der Waals surface area contributed by atoms with Gasteiger partial charge in [-0.05, 0) is 36.8 Å². The van der Waals surface area contributed by atoms with E-state index in [1.54, 1.807) is 27.8 Å². The number of carbonyl (C=O) groups excluding carboxylic acids is 1. The lowest BCUT2D eigenvalue weighted by molar-refractivity contribution is -0.122. The summed E-state index contributed by atoms with van der Waals surface area (Å²) in [6.45, 7) is 7.19. The van der Waals surface area contributed by atoms with E-state index in [9.17, 15) is 13.2 Å². The van der Waals surface area contributed by atoms with Crippen molar-refractivity contribution in [3.63, 3.8) is 0 Å². The molecule has 0 saturated carbocycles. The highest BCUT2D eigenvalue weighted by Crippen LogP contribution is 2.35. The van der Waals surface area contributed by atoms with Crippen molar-refractivity contribution in [2.45, 2.75) is 51.3 Å². The monoisotopic (exact) mass is 582 g/mol. The van der Waals surface area contributed by atoms with Crippen LogP contribution in [0.15, 0.2) is 70.6 Å².